The fourth-order valence-corrected chi connectivity index (χ4v) is 1.81. The molecule has 0 bridgehead atoms. The van der Waals surface area contributed by atoms with Crippen molar-refractivity contribution >= 4 is 0 Å². The first-order valence-electron chi connectivity index (χ1n) is 6.62. The van der Waals surface area contributed by atoms with Gasteiger partial charge < -0.3 is 5.32 Å². The Morgan fingerprint density at radius 3 is 2.72 bits per heavy atom. The van der Waals surface area contributed by atoms with Gasteiger partial charge in [-0.05, 0) is 49.9 Å². The van der Waals surface area contributed by atoms with Crippen molar-refractivity contribution in [2.24, 2.45) is 5.11 Å². The van der Waals surface area contributed by atoms with Crippen molar-refractivity contribution in [1.82, 2.24) is 5.32 Å². The van der Waals surface area contributed by atoms with Crippen LogP contribution in [-0.2, 0) is 6.42 Å². The number of hydrogen-bond donors (Lipinski definition) is 1. The summed E-state index contributed by atoms with van der Waals surface area (Å²) in [6, 6.07) is 10.7. The number of hydrogen-bond acceptors (Lipinski definition) is 2. The molecule has 0 radical (unpaired) electrons. The monoisotopic (exact) mass is 246 g/mol. The highest BCUT2D eigenvalue weighted by Crippen LogP contribution is 2.03. The van der Waals surface area contributed by atoms with Crippen LogP contribution in [0.15, 0.2) is 35.4 Å². The first-order valence-corrected chi connectivity index (χ1v) is 6.62. The SMILES string of the molecule is CC(CCNCCCCc1ccccc1)N=[N+]=[N-]. The van der Waals surface area contributed by atoms with Gasteiger partial charge in [0.05, 0.1) is 0 Å². The Kier molecular flexibility index (Phi) is 7.69. The van der Waals surface area contributed by atoms with Crippen LogP contribution in [0.1, 0.15) is 31.7 Å². The fraction of sp³-hybridized carbons (Fsp3) is 0.571. The van der Waals surface area contributed by atoms with Crippen molar-refractivity contribution in [2.75, 3.05) is 13.1 Å². The van der Waals surface area contributed by atoms with Crippen LogP contribution in [0.25, 0.3) is 10.4 Å². The van der Waals surface area contributed by atoms with E-state index in [1.165, 1.54) is 18.4 Å². The van der Waals surface area contributed by atoms with E-state index in [-0.39, 0.29) is 6.04 Å². The average molecular weight is 246 g/mol. The third kappa shape index (κ3) is 6.94. The Morgan fingerprint density at radius 1 is 1.22 bits per heavy atom. The Hall–Kier alpha value is -1.51. The first kappa shape index (κ1) is 14.6. The summed E-state index contributed by atoms with van der Waals surface area (Å²) in [5.74, 6) is 0. The molecule has 1 aromatic rings. The molecule has 0 amide bonds. The second-order valence-electron chi connectivity index (χ2n) is 4.54. The Morgan fingerprint density at radius 2 is 2.00 bits per heavy atom. The molecule has 98 valence electrons. The van der Waals surface area contributed by atoms with Crippen molar-refractivity contribution in [2.45, 2.75) is 38.6 Å². The van der Waals surface area contributed by atoms with E-state index in [0.29, 0.717) is 0 Å². The summed E-state index contributed by atoms with van der Waals surface area (Å²) in [4.78, 5) is 2.79. The summed E-state index contributed by atoms with van der Waals surface area (Å²) in [5, 5.41) is 7.02. The van der Waals surface area contributed by atoms with Gasteiger partial charge in [-0.25, -0.2) is 0 Å². The summed E-state index contributed by atoms with van der Waals surface area (Å²) in [6.07, 6.45) is 4.45. The molecule has 4 heteroatoms. The van der Waals surface area contributed by atoms with E-state index in [1.54, 1.807) is 0 Å². The van der Waals surface area contributed by atoms with Gasteiger partial charge in [0.15, 0.2) is 0 Å². The van der Waals surface area contributed by atoms with Gasteiger partial charge >= 0.3 is 0 Å². The molecule has 4 nitrogen and oxygen atoms in total. The Balaban J connectivity index is 1.95. The molecular formula is C14H22N4. The molecule has 1 N–H and O–H groups in total. The molecule has 1 atom stereocenters. The molecule has 0 heterocycles. The average Bonchev–Trinajstić information content (AvgIpc) is 2.39. The van der Waals surface area contributed by atoms with Crippen LogP contribution < -0.4 is 5.32 Å². The molecule has 1 rings (SSSR count). The quantitative estimate of drug-likeness (QED) is 0.307. The standard InChI is InChI=1S/C14H22N4/c1-13(17-18-15)10-12-16-11-6-5-9-14-7-3-2-4-8-14/h2-4,7-8,13,16H,5-6,9-12H2,1H3. The number of benzene rings is 1. The second kappa shape index (κ2) is 9.51. The minimum Gasteiger partial charge on any atom is -0.317 e. The lowest BCUT2D eigenvalue weighted by Crippen LogP contribution is -2.19. The maximum atomic E-state index is 8.26. The van der Waals surface area contributed by atoms with Crippen LogP contribution in [-0.4, -0.2) is 19.1 Å². The predicted octanol–water partition coefficient (Wildman–Crippen LogP) is 3.69. The highest BCUT2D eigenvalue weighted by atomic mass is 15.1. The summed E-state index contributed by atoms with van der Waals surface area (Å²) in [5.41, 5.74) is 9.67. The van der Waals surface area contributed by atoms with Crippen molar-refractivity contribution < 1.29 is 0 Å². The van der Waals surface area contributed by atoms with Crippen LogP contribution >= 0.6 is 0 Å². The van der Waals surface area contributed by atoms with Crippen molar-refractivity contribution in [3.63, 3.8) is 0 Å². The van der Waals surface area contributed by atoms with E-state index in [4.69, 9.17) is 5.53 Å². The highest BCUT2D eigenvalue weighted by molar-refractivity contribution is 5.14. The maximum Gasteiger partial charge on any atom is 0.0357 e. The fourth-order valence-electron chi connectivity index (χ4n) is 1.81. The van der Waals surface area contributed by atoms with Gasteiger partial charge in [-0.2, -0.15) is 0 Å². The lowest BCUT2D eigenvalue weighted by atomic mass is 10.1. The molecule has 18 heavy (non-hydrogen) atoms. The minimum atomic E-state index is 0.0896. The van der Waals surface area contributed by atoms with E-state index < -0.39 is 0 Å². The summed E-state index contributed by atoms with van der Waals surface area (Å²) in [7, 11) is 0. The molecule has 0 spiro atoms. The zero-order valence-corrected chi connectivity index (χ0v) is 11.0. The smallest absolute Gasteiger partial charge is 0.0357 e. The van der Waals surface area contributed by atoms with Crippen LogP contribution in [0.4, 0.5) is 0 Å². The molecule has 0 saturated heterocycles. The number of unbranched alkanes of at least 4 members (excludes halogenated alkanes) is 1. The van der Waals surface area contributed by atoms with E-state index in [0.717, 1.165) is 25.9 Å². The Bertz CT molecular complexity index is 357. The van der Waals surface area contributed by atoms with Gasteiger partial charge in [0.2, 0.25) is 0 Å². The van der Waals surface area contributed by atoms with E-state index >= 15 is 0 Å². The van der Waals surface area contributed by atoms with Gasteiger partial charge in [-0.1, -0.05) is 42.4 Å². The number of nitrogens with zero attached hydrogens (tertiary/aromatic N) is 3. The molecule has 1 unspecified atom stereocenters. The number of nitrogens with one attached hydrogen (secondary N) is 1. The molecule has 1 aromatic carbocycles. The molecule has 0 aliphatic heterocycles. The summed E-state index contributed by atoms with van der Waals surface area (Å²) in [6.45, 7) is 3.90. The van der Waals surface area contributed by atoms with Crippen molar-refractivity contribution in [1.29, 1.82) is 0 Å². The first-order chi connectivity index (χ1) is 8.83. The number of rotatable bonds is 9. The van der Waals surface area contributed by atoms with Crippen LogP contribution in [0.3, 0.4) is 0 Å². The van der Waals surface area contributed by atoms with E-state index in [1.807, 2.05) is 6.92 Å². The molecule has 0 fully saturated rings. The molecular weight excluding hydrogens is 224 g/mol. The second-order valence-corrected chi connectivity index (χ2v) is 4.54. The number of aryl methyl sites for hydroxylation is 1. The summed E-state index contributed by atoms with van der Waals surface area (Å²) < 4.78 is 0. The zero-order valence-electron chi connectivity index (χ0n) is 11.0. The molecule has 0 aliphatic carbocycles. The van der Waals surface area contributed by atoms with E-state index in [2.05, 4.69) is 45.7 Å². The van der Waals surface area contributed by atoms with Gasteiger partial charge in [0, 0.05) is 11.0 Å². The van der Waals surface area contributed by atoms with Crippen molar-refractivity contribution in [3.8, 4) is 0 Å². The Labute approximate surface area is 109 Å². The van der Waals surface area contributed by atoms with Crippen LogP contribution in [0, 0.1) is 0 Å². The summed E-state index contributed by atoms with van der Waals surface area (Å²) >= 11 is 0. The zero-order chi connectivity index (χ0) is 13.1. The minimum absolute atomic E-state index is 0.0896. The van der Waals surface area contributed by atoms with E-state index in [9.17, 15) is 0 Å². The van der Waals surface area contributed by atoms with Crippen LogP contribution in [0.2, 0.25) is 0 Å². The third-order valence-corrected chi connectivity index (χ3v) is 2.90. The third-order valence-electron chi connectivity index (χ3n) is 2.90. The lowest BCUT2D eigenvalue weighted by Gasteiger charge is -2.06. The van der Waals surface area contributed by atoms with Crippen molar-refractivity contribution in [3.05, 3.63) is 46.3 Å². The van der Waals surface area contributed by atoms with Gasteiger partial charge in [-0.15, -0.1) is 0 Å². The largest absolute Gasteiger partial charge is 0.317 e. The molecule has 0 aliphatic rings. The van der Waals surface area contributed by atoms with Crippen LogP contribution in [0.5, 0.6) is 0 Å². The lowest BCUT2D eigenvalue weighted by molar-refractivity contribution is 0.566. The molecule has 0 saturated carbocycles. The predicted molar refractivity (Wildman–Crippen MR) is 75.5 cm³/mol. The molecule has 0 aromatic heterocycles. The highest BCUT2D eigenvalue weighted by Gasteiger charge is 1.97. The van der Waals surface area contributed by atoms with Gasteiger partial charge in [-0.3, -0.25) is 0 Å². The topological polar surface area (TPSA) is 60.8 Å². The normalized spacial score (nSPS) is 11.8. The number of azide groups is 1. The van der Waals surface area contributed by atoms with Gasteiger partial charge in [0.1, 0.15) is 0 Å². The van der Waals surface area contributed by atoms with Gasteiger partial charge in [0.25, 0.3) is 0 Å². The maximum absolute atomic E-state index is 8.26.